The van der Waals surface area contributed by atoms with Gasteiger partial charge in [0.2, 0.25) is 0 Å². The second-order valence-electron chi connectivity index (χ2n) is 7.26. The highest BCUT2D eigenvalue weighted by Gasteiger charge is 2.18. The third-order valence-electron chi connectivity index (χ3n) is 5.67. The van der Waals surface area contributed by atoms with E-state index in [-0.39, 0.29) is 0 Å². The maximum Gasteiger partial charge on any atom is 0.139 e. The van der Waals surface area contributed by atoms with Crippen LogP contribution >= 0.6 is 0 Å². The minimum absolute atomic E-state index is 0.825. The Morgan fingerprint density at radius 2 is 1.86 bits per heavy atom. The number of H-pyrrole nitrogens is 1. The number of aromatic amines is 1. The van der Waals surface area contributed by atoms with Crippen molar-refractivity contribution >= 4 is 27.6 Å². The van der Waals surface area contributed by atoms with Crippen molar-refractivity contribution < 1.29 is 9.57 Å². The van der Waals surface area contributed by atoms with Crippen molar-refractivity contribution in [3.8, 4) is 17.0 Å². The molecule has 0 unspecified atom stereocenters. The van der Waals surface area contributed by atoms with Gasteiger partial charge in [-0.15, -0.1) is 0 Å². The monoisotopic (exact) mass is 376 g/mol. The summed E-state index contributed by atoms with van der Waals surface area (Å²) in [4.78, 5) is 16.1. The van der Waals surface area contributed by atoms with Crippen molar-refractivity contribution in [1.29, 1.82) is 0 Å². The molecule has 1 saturated heterocycles. The predicted molar refractivity (Wildman–Crippen MR) is 112 cm³/mol. The van der Waals surface area contributed by atoms with Gasteiger partial charge in [-0.25, -0.2) is 4.98 Å². The van der Waals surface area contributed by atoms with Crippen LogP contribution in [0.1, 0.15) is 19.3 Å². The first kappa shape index (κ1) is 17.0. The van der Waals surface area contributed by atoms with E-state index in [1.807, 2.05) is 30.6 Å². The van der Waals surface area contributed by atoms with E-state index in [2.05, 4.69) is 27.0 Å². The van der Waals surface area contributed by atoms with Crippen LogP contribution in [0.4, 0.5) is 5.69 Å². The minimum Gasteiger partial charge on any atom is -0.497 e. The van der Waals surface area contributed by atoms with Gasteiger partial charge in [0.1, 0.15) is 18.5 Å². The highest BCUT2D eigenvalue weighted by atomic mass is 16.6. The lowest BCUT2D eigenvalue weighted by atomic mass is 10.1. The van der Waals surface area contributed by atoms with Crippen LogP contribution < -0.4 is 14.5 Å². The summed E-state index contributed by atoms with van der Waals surface area (Å²) in [7, 11) is 3.36. The molecule has 0 spiro atoms. The summed E-state index contributed by atoms with van der Waals surface area (Å²) in [5, 5.41) is 2.24. The quantitative estimate of drug-likeness (QED) is 0.579. The molecule has 0 aliphatic carbocycles. The molecule has 28 heavy (non-hydrogen) atoms. The molecule has 1 aliphatic heterocycles. The van der Waals surface area contributed by atoms with E-state index in [1.54, 1.807) is 19.0 Å². The Labute approximate surface area is 163 Å². The summed E-state index contributed by atoms with van der Waals surface area (Å²) in [6.45, 7) is 2.22. The molecule has 4 heterocycles. The van der Waals surface area contributed by atoms with Crippen molar-refractivity contribution in [2.24, 2.45) is 0 Å². The van der Waals surface area contributed by atoms with Gasteiger partial charge in [-0.3, -0.25) is 0 Å². The summed E-state index contributed by atoms with van der Waals surface area (Å²) < 4.78 is 7.22. The number of benzene rings is 1. The minimum atomic E-state index is 0.825. The Morgan fingerprint density at radius 1 is 1.00 bits per heavy atom. The van der Waals surface area contributed by atoms with E-state index in [4.69, 9.17) is 9.57 Å². The average molecular weight is 376 g/mol. The van der Waals surface area contributed by atoms with Gasteiger partial charge in [-0.1, -0.05) is 0 Å². The fourth-order valence-electron chi connectivity index (χ4n) is 4.24. The molecular formula is C22H24N4O2. The van der Waals surface area contributed by atoms with Crippen molar-refractivity contribution in [2.45, 2.75) is 19.3 Å². The molecule has 0 atom stereocenters. The molecule has 0 amide bonds. The molecule has 3 aromatic heterocycles. The van der Waals surface area contributed by atoms with Gasteiger partial charge >= 0.3 is 0 Å². The van der Waals surface area contributed by atoms with Gasteiger partial charge in [-0.05, 0) is 49.6 Å². The van der Waals surface area contributed by atoms with Crippen molar-refractivity contribution in [1.82, 2.24) is 14.7 Å². The lowest BCUT2D eigenvalue weighted by molar-refractivity contribution is 0.179. The second-order valence-corrected chi connectivity index (χ2v) is 7.26. The number of pyridine rings is 1. The van der Waals surface area contributed by atoms with E-state index in [0.29, 0.717) is 0 Å². The molecule has 0 radical (unpaired) electrons. The number of anilines is 1. The van der Waals surface area contributed by atoms with Gasteiger partial charge in [0, 0.05) is 41.3 Å². The van der Waals surface area contributed by atoms with Crippen LogP contribution in [0, 0.1) is 0 Å². The molecular weight excluding hydrogens is 352 g/mol. The summed E-state index contributed by atoms with van der Waals surface area (Å²) in [5.74, 6) is 0.825. The van der Waals surface area contributed by atoms with E-state index >= 15 is 0 Å². The number of ether oxygens (including phenoxy) is 1. The van der Waals surface area contributed by atoms with Gasteiger partial charge < -0.3 is 19.5 Å². The van der Waals surface area contributed by atoms with Gasteiger partial charge in [0.05, 0.1) is 24.5 Å². The molecule has 1 aromatic carbocycles. The van der Waals surface area contributed by atoms with Gasteiger partial charge in [0.15, 0.2) is 0 Å². The van der Waals surface area contributed by atoms with E-state index in [0.717, 1.165) is 46.6 Å². The number of piperidine rings is 1. The summed E-state index contributed by atoms with van der Waals surface area (Å²) in [6.07, 6.45) is 7.73. The number of nitrogens with one attached hydrogen (secondary N) is 1. The number of hydrogen-bond donors (Lipinski definition) is 1. The Hall–Kier alpha value is -3.15. The lowest BCUT2D eigenvalue weighted by Crippen LogP contribution is -2.29. The average Bonchev–Trinajstić information content (AvgIpc) is 3.34. The normalized spacial score (nSPS) is 14.7. The van der Waals surface area contributed by atoms with Crippen LogP contribution in [0.5, 0.6) is 5.75 Å². The van der Waals surface area contributed by atoms with Crippen LogP contribution in [0.15, 0.2) is 42.7 Å². The zero-order chi connectivity index (χ0) is 19.1. The maximum atomic E-state index is 5.53. The molecule has 1 N–H and O–H groups in total. The van der Waals surface area contributed by atoms with Crippen molar-refractivity contribution in [2.75, 3.05) is 32.2 Å². The van der Waals surface area contributed by atoms with E-state index in [9.17, 15) is 0 Å². The number of methoxy groups -OCH3 is 1. The zero-order valence-electron chi connectivity index (χ0n) is 16.2. The molecule has 1 aliphatic rings. The van der Waals surface area contributed by atoms with Crippen molar-refractivity contribution in [3.05, 3.63) is 42.7 Å². The standard InChI is InChI=1S/C22H24N4O2/c1-27-15-6-7-21-16(12-15)18(14-26(21)28-2)19-13-17-20(8-9-23-22(17)24-19)25-10-4-3-5-11-25/h6-9,12-14H,3-5,10-11H2,1-2H3,(H,23,24). The number of fused-ring (bicyclic) bond motifs is 2. The van der Waals surface area contributed by atoms with Crippen LogP contribution in [0.25, 0.3) is 33.2 Å². The van der Waals surface area contributed by atoms with Crippen LogP contribution in [0.3, 0.4) is 0 Å². The van der Waals surface area contributed by atoms with Crippen LogP contribution in [0.2, 0.25) is 0 Å². The Morgan fingerprint density at radius 3 is 2.64 bits per heavy atom. The molecule has 144 valence electrons. The zero-order valence-corrected chi connectivity index (χ0v) is 16.2. The first-order chi connectivity index (χ1) is 13.8. The topological polar surface area (TPSA) is 55.3 Å². The first-order valence-corrected chi connectivity index (χ1v) is 9.75. The first-order valence-electron chi connectivity index (χ1n) is 9.75. The molecule has 5 rings (SSSR count). The number of aromatic nitrogens is 3. The number of nitrogens with zero attached hydrogens (tertiary/aromatic N) is 3. The fraction of sp³-hybridized carbons (Fsp3) is 0.318. The molecule has 4 aromatic rings. The highest BCUT2D eigenvalue weighted by Crippen LogP contribution is 2.36. The Bertz CT molecular complexity index is 1140. The summed E-state index contributed by atoms with van der Waals surface area (Å²) >= 11 is 0. The molecule has 6 nitrogen and oxygen atoms in total. The maximum absolute atomic E-state index is 5.53. The van der Waals surface area contributed by atoms with E-state index < -0.39 is 0 Å². The van der Waals surface area contributed by atoms with E-state index in [1.165, 1.54) is 30.3 Å². The molecule has 0 bridgehead atoms. The molecule has 1 fully saturated rings. The largest absolute Gasteiger partial charge is 0.497 e. The van der Waals surface area contributed by atoms with Gasteiger partial charge in [0.25, 0.3) is 0 Å². The second kappa shape index (κ2) is 6.78. The molecule has 0 saturated carbocycles. The Balaban J connectivity index is 1.67. The summed E-state index contributed by atoms with van der Waals surface area (Å²) in [5.41, 5.74) is 5.28. The predicted octanol–water partition coefficient (Wildman–Crippen LogP) is 4.24. The highest BCUT2D eigenvalue weighted by molar-refractivity contribution is 6.00. The SMILES string of the molecule is COc1ccc2c(c1)c(-c1cc3c(N4CCCCC4)ccnc3[nH]1)cn2OC. The third kappa shape index (κ3) is 2.68. The smallest absolute Gasteiger partial charge is 0.139 e. The molecule has 6 heteroatoms. The number of hydrogen-bond acceptors (Lipinski definition) is 4. The van der Waals surface area contributed by atoms with Crippen LogP contribution in [-0.2, 0) is 0 Å². The fourth-order valence-corrected chi connectivity index (χ4v) is 4.24. The lowest BCUT2D eigenvalue weighted by Gasteiger charge is -2.29. The van der Waals surface area contributed by atoms with Crippen LogP contribution in [-0.4, -0.2) is 42.0 Å². The Kier molecular flexibility index (Phi) is 4.11. The number of rotatable bonds is 4. The third-order valence-corrected chi connectivity index (χ3v) is 5.67. The van der Waals surface area contributed by atoms with Crippen molar-refractivity contribution in [3.63, 3.8) is 0 Å². The summed E-state index contributed by atoms with van der Waals surface area (Å²) in [6, 6.07) is 10.3. The van der Waals surface area contributed by atoms with Gasteiger partial charge in [-0.2, -0.15) is 4.73 Å².